The summed E-state index contributed by atoms with van der Waals surface area (Å²) in [4.78, 5) is 15.8. The minimum atomic E-state index is -0.824. The van der Waals surface area contributed by atoms with Crippen molar-refractivity contribution in [2.75, 3.05) is 7.11 Å². The normalized spacial score (nSPS) is 20.5. The Balaban J connectivity index is 1.74. The maximum absolute atomic E-state index is 11.7. The lowest BCUT2D eigenvalue weighted by Gasteiger charge is -2.17. The summed E-state index contributed by atoms with van der Waals surface area (Å²) in [6.45, 7) is 0.277. The van der Waals surface area contributed by atoms with Crippen LogP contribution >= 0.6 is 46.6 Å². The van der Waals surface area contributed by atoms with Gasteiger partial charge < -0.3 is 9.47 Å². The van der Waals surface area contributed by atoms with E-state index in [1.807, 2.05) is 24.3 Å². The van der Waals surface area contributed by atoms with Crippen LogP contribution in [0.1, 0.15) is 17.2 Å². The molecule has 10 heteroatoms. The molecule has 0 bridgehead atoms. The Morgan fingerprint density at radius 2 is 2.03 bits per heavy atom. The Labute approximate surface area is 186 Å². The van der Waals surface area contributed by atoms with E-state index in [2.05, 4.69) is 10.1 Å². The third-order valence-electron chi connectivity index (χ3n) is 4.58. The predicted molar refractivity (Wildman–Crippen MR) is 112 cm³/mol. The largest absolute Gasteiger partial charge is 0.461 e. The standard InChI is InChI=1S/C19H14Cl3N3O3S/c1-27-18(26)29-17-23-10-24-25(17)9-19(13-4-2-3-5-14(13)21)16(28-19)12-7-6-11(20)8-15(12)22/h2-8,10,16H,9H2,1H3/t16-,19-/m1/s1. The molecule has 0 radical (unpaired) electrons. The number of carbonyl (C=O) groups excluding carboxylic acids is 1. The zero-order valence-corrected chi connectivity index (χ0v) is 18.1. The van der Waals surface area contributed by atoms with Crippen molar-refractivity contribution in [1.82, 2.24) is 14.8 Å². The molecular weight excluding hydrogens is 457 g/mol. The molecule has 2 atom stereocenters. The smallest absolute Gasteiger partial charge is 0.374 e. The van der Waals surface area contributed by atoms with E-state index in [-0.39, 0.29) is 12.6 Å². The average molecular weight is 471 g/mol. The average Bonchev–Trinajstić information content (AvgIpc) is 3.24. The zero-order valence-electron chi connectivity index (χ0n) is 15.0. The van der Waals surface area contributed by atoms with Gasteiger partial charge in [0, 0.05) is 38.0 Å². The maximum Gasteiger partial charge on any atom is 0.374 e. The molecule has 0 N–H and O–H groups in total. The van der Waals surface area contributed by atoms with E-state index in [1.54, 1.807) is 22.9 Å². The molecule has 0 spiro atoms. The quantitative estimate of drug-likeness (QED) is 0.268. The Bertz CT molecular complexity index is 1080. The number of hydrogen-bond acceptors (Lipinski definition) is 6. The van der Waals surface area contributed by atoms with Crippen molar-refractivity contribution >= 4 is 51.9 Å². The number of epoxide rings is 1. The van der Waals surface area contributed by atoms with Crippen molar-refractivity contribution in [1.29, 1.82) is 0 Å². The Morgan fingerprint density at radius 3 is 2.76 bits per heavy atom. The molecule has 0 saturated carbocycles. The summed E-state index contributed by atoms with van der Waals surface area (Å²) in [5, 5.41) is 5.75. The first-order valence-electron chi connectivity index (χ1n) is 8.46. The summed E-state index contributed by atoms with van der Waals surface area (Å²) < 4.78 is 12.5. The van der Waals surface area contributed by atoms with E-state index in [0.29, 0.717) is 20.2 Å². The van der Waals surface area contributed by atoms with Gasteiger partial charge in [0.05, 0.1) is 13.7 Å². The molecule has 1 aliphatic heterocycles. The number of hydrogen-bond donors (Lipinski definition) is 0. The number of rotatable bonds is 5. The van der Waals surface area contributed by atoms with Gasteiger partial charge in [-0.15, -0.1) is 0 Å². The van der Waals surface area contributed by atoms with E-state index >= 15 is 0 Å². The third-order valence-corrected chi connectivity index (χ3v) is 6.30. The van der Waals surface area contributed by atoms with Gasteiger partial charge in [-0.1, -0.05) is 59.1 Å². The molecule has 6 nitrogen and oxygen atoms in total. The second kappa shape index (κ2) is 8.16. The molecule has 1 fully saturated rings. The van der Waals surface area contributed by atoms with Crippen LogP contribution in [0.5, 0.6) is 0 Å². The van der Waals surface area contributed by atoms with Gasteiger partial charge >= 0.3 is 5.30 Å². The highest BCUT2D eigenvalue weighted by Crippen LogP contribution is 2.60. The summed E-state index contributed by atoms with van der Waals surface area (Å²) in [7, 11) is 1.31. The van der Waals surface area contributed by atoms with E-state index in [0.717, 1.165) is 22.9 Å². The molecule has 0 amide bonds. The van der Waals surface area contributed by atoms with E-state index in [9.17, 15) is 4.79 Å². The van der Waals surface area contributed by atoms with Crippen LogP contribution in [-0.2, 0) is 21.6 Å². The lowest BCUT2D eigenvalue weighted by atomic mass is 9.91. The van der Waals surface area contributed by atoms with Gasteiger partial charge in [0.25, 0.3) is 0 Å². The van der Waals surface area contributed by atoms with Crippen LogP contribution in [0.3, 0.4) is 0 Å². The van der Waals surface area contributed by atoms with Crippen molar-refractivity contribution in [3.8, 4) is 0 Å². The van der Waals surface area contributed by atoms with E-state index < -0.39 is 10.9 Å². The third kappa shape index (κ3) is 3.98. The molecule has 1 aliphatic rings. The number of ether oxygens (including phenoxy) is 2. The fraction of sp³-hybridized carbons (Fsp3) is 0.211. The predicted octanol–water partition coefficient (Wildman–Crippen LogP) is 5.76. The van der Waals surface area contributed by atoms with Crippen molar-refractivity contribution in [2.45, 2.75) is 23.4 Å². The van der Waals surface area contributed by atoms with Crippen LogP contribution in [0.2, 0.25) is 15.1 Å². The van der Waals surface area contributed by atoms with Gasteiger partial charge in [0.15, 0.2) is 5.16 Å². The minimum Gasteiger partial charge on any atom is -0.461 e. The Kier molecular flexibility index (Phi) is 5.77. The lowest BCUT2D eigenvalue weighted by Crippen LogP contribution is -2.21. The summed E-state index contributed by atoms with van der Waals surface area (Å²) in [5.74, 6) is 0. The lowest BCUT2D eigenvalue weighted by molar-refractivity contribution is 0.200. The Hall–Kier alpha value is -1.77. The molecule has 1 saturated heterocycles. The molecule has 2 heterocycles. The summed E-state index contributed by atoms with van der Waals surface area (Å²) in [6.07, 6.45) is 1.01. The van der Waals surface area contributed by atoms with Crippen LogP contribution in [0.4, 0.5) is 4.79 Å². The number of carbonyl (C=O) groups is 1. The molecule has 0 unspecified atom stereocenters. The number of thioether (sulfide) groups is 1. The second-order valence-corrected chi connectivity index (χ2v) is 8.44. The maximum atomic E-state index is 11.7. The molecule has 2 aromatic carbocycles. The van der Waals surface area contributed by atoms with Gasteiger partial charge in [-0.3, -0.25) is 0 Å². The van der Waals surface area contributed by atoms with E-state index in [1.165, 1.54) is 13.4 Å². The number of aromatic nitrogens is 3. The van der Waals surface area contributed by atoms with Crippen molar-refractivity contribution in [3.63, 3.8) is 0 Å². The van der Waals surface area contributed by atoms with Gasteiger partial charge in [-0.2, -0.15) is 5.10 Å². The van der Waals surface area contributed by atoms with E-state index in [4.69, 9.17) is 44.3 Å². The van der Waals surface area contributed by atoms with Crippen molar-refractivity contribution < 1.29 is 14.3 Å². The fourth-order valence-electron chi connectivity index (χ4n) is 3.20. The summed E-state index contributed by atoms with van der Waals surface area (Å²) in [6, 6.07) is 12.7. The number of benzene rings is 2. The Morgan fingerprint density at radius 1 is 1.24 bits per heavy atom. The number of nitrogens with zero attached hydrogens (tertiary/aromatic N) is 3. The molecule has 150 valence electrons. The SMILES string of the molecule is COC(=O)Sc1ncnn1C[C@]1(c2ccccc2Cl)O[C@@H]1c1ccc(Cl)cc1Cl. The topological polar surface area (TPSA) is 69.5 Å². The molecule has 4 rings (SSSR count). The zero-order chi connectivity index (χ0) is 20.6. The van der Waals surface area contributed by atoms with Crippen molar-refractivity contribution in [3.05, 3.63) is 75.0 Å². The van der Waals surface area contributed by atoms with Crippen molar-refractivity contribution in [2.24, 2.45) is 0 Å². The van der Waals surface area contributed by atoms with Crippen LogP contribution in [0.25, 0.3) is 0 Å². The molecule has 0 aliphatic carbocycles. The van der Waals surface area contributed by atoms with Gasteiger partial charge in [-0.25, -0.2) is 14.5 Å². The number of halogens is 3. The fourth-order valence-corrected chi connectivity index (χ4v) is 4.55. The van der Waals surface area contributed by atoms with Crippen LogP contribution < -0.4 is 0 Å². The first-order chi connectivity index (χ1) is 13.9. The highest BCUT2D eigenvalue weighted by atomic mass is 35.5. The highest BCUT2D eigenvalue weighted by molar-refractivity contribution is 8.13. The molecular formula is C19H14Cl3N3O3S. The summed E-state index contributed by atoms with van der Waals surface area (Å²) in [5.41, 5.74) is 0.759. The molecule has 1 aromatic heterocycles. The van der Waals surface area contributed by atoms with Crippen LogP contribution in [0, 0.1) is 0 Å². The molecule has 3 aromatic rings. The van der Waals surface area contributed by atoms with Crippen LogP contribution in [0.15, 0.2) is 53.9 Å². The monoisotopic (exact) mass is 469 g/mol. The summed E-state index contributed by atoms with van der Waals surface area (Å²) >= 11 is 19.8. The minimum absolute atomic E-state index is 0.277. The first-order valence-corrected chi connectivity index (χ1v) is 10.4. The first kappa shape index (κ1) is 20.5. The van der Waals surface area contributed by atoms with Gasteiger partial charge in [-0.05, 0) is 18.2 Å². The molecule has 29 heavy (non-hydrogen) atoms. The van der Waals surface area contributed by atoms with Crippen LogP contribution in [-0.4, -0.2) is 27.2 Å². The van der Waals surface area contributed by atoms with Gasteiger partial charge in [0.2, 0.25) is 0 Å². The second-order valence-electron chi connectivity index (χ2n) is 6.29. The van der Waals surface area contributed by atoms with Gasteiger partial charge in [0.1, 0.15) is 18.0 Å². The number of methoxy groups -OCH3 is 1. The highest BCUT2D eigenvalue weighted by Gasteiger charge is 2.60.